The molecule has 0 saturated heterocycles. The average Bonchev–Trinajstić information content (AvgIpc) is 3.07. The monoisotopic (exact) mass is 435 g/mol. The van der Waals surface area contributed by atoms with Crippen molar-refractivity contribution in [3.63, 3.8) is 0 Å². The van der Waals surface area contributed by atoms with Gasteiger partial charge in [0.25, 0.3) is 5.91 Å². The molecular weight excluding hydrogens is 410 g/mol. The molecule has 2 amide bonds. The van der Waals surface area contributed by atoms with Crippen molar-refractivity contribution >= 4 is 45.4 Å². The van der Waals surface area contributed by atoms with Crippen LogP contribution in [-0.2, 0) is 17.6 Å². The van der Waals surface area contributed by atoms with Crippen molar-refractivity contribution in [3.8, 4) is 0 Å². The molecule has 0 bridgehead atoms. The van der Waals surface area contributed by atoms with E-state index in [1.807, 2.05) is 11.8 Å². The number of rotatable bonds is 8. The van der Waals surface area contributed by atoms with Gasteiger partial charge in [0.05, 0.1) is 18.7 Å². The van der Waals surface area contributed by atoms with Gasteiger partial charge in [0.1, 0.15) is 5.00 Å². The van der Waals surface area contributed by atoms with Crippen molar-refractivity contribution in [3.05, 3.63) is 45.3 Å². The number of hydrogen-bond donors (Lipinski definition) is 3. The Bertz CT molecular complexity index is 867. The second-order valence-corrected chi connectivity index (χ2v) is 8.56. The van der Waals surface area contributed by atoms with Crippen LogP contribution < -0.4 is 10.6 Å². The maximum absolute atomic E-state index is 13.1. The van der Waals surface area contributed by atoms with E-state index in [0.717, 1.165) is 31.2 Å². The first-order valence-corrected chi connectivity index (χ1v) is 11.1. The van der Waals surface area contributed by atoms with Crippen molar-refractivity contribution < 1.29 is 14.7 Å². The van der Waals surface area contributed by atoms with Gasteiger partial charge in [0, 0.05) is 22.1 Å². The lowest BCUT2D eigenvalue weighted by molar-refractivity contribution is -0.117. The molecule has 1 heterocycles. The molecule has 2 aromatic rings. The van der Waals surface area contributed by atoms with Crippen LogP contribution in [0.4, 0.5) is 10.7 Å². The fourth-order valence-corrected chi connectivity index (χ4v) is 4.91. The van der Waals surface area contributed by atoms with E-state index in [9.17, 15) is 9.59 Å². The molecule has 0 fully saturated rings. The Balaban J connectivity index is 1.81. The summed E-state index contributed by atoms with van der Waals surface area (Å²) in [4.78, 5) is 28.7. The number of hydrogen-bond acceptors (Lipinski definition) is 5. The lowest BCUT2D eigenvalue weighted by Crippen LogP contribution is -2.35. The molecule has 29 heavy (non-hydrogen) atoms. The van der Waals surface area contributed by atoms with E-state index < -0.39 is 0 Å². The molecule has 156 valence electrons. The summed E-state index contributed by atoms with van der Waals surface area (Å²) in [7, 11) is 0. The molecule has 1 aromatic carbocycles. The number of amides is 2. The first-order chi connectivity index (χ1) is 14.0. The van der Waals surface area contributed by atoms with Crippen LogP contribution in [0.2, 0.25) is 5.02 Å². The van der Waals surface area contributed by atoms with E-state index in [1.54, 1.807) is 24.3 Å². The quantitative estimate of drug-likeness (QED) is 0.589. The number of anilines is 2. The largest absolute Gasteiger partial charge is 0.395 e. The summed E-state index contributed by atoms with van der Waals surface area (Å²) < 4.78 is 0. The molecule has 0 unspecified atom stereocenters. The van der Waals surface area contributed by atoms with Crippen LogP contribution in [0.5, 0.6) is 0 Å². The zero-order chi connectivity index (χ0) is 20.8. The van der Waals surface area contributed by atoms with Gasteiger partial charge in [0.15, 0.2) is 0 Å². The minimum atomic E-state index is -0.218. The van der Waals surface area contributed by atoms with Crippen molar-refractivity contribution in [2.75, 3.05) is 36.9 Å². The normalized spacial score (nSPS) is 13.2. The van der Waals surface area contributed by atoms with Gasteiger partial charge in [-0.2, -0.15) is 0 Å². The standard InChI is InChI=1S/C21H26ClN3O3S/c1-2-25(11-12-26)13-18(27)24-21-19(16-5-3-4-6-17(16)29-21)20(28)23-15-9-7-14(22)8-10-15/h7-10,26H,2-6,11-13H2,1H3,(H,23,28)(H,24,27). The summed E-state index contributed by atoms with van der Waals surface area (Å²) >= 11 is 7.42. The van der Waals surface area contributed by atoms with E-state index in [1.165, 1.54) is 16.2 Å². The van der Waals surface area contributed by atoms with Crippen LogP contribution in [0.1, 0.15) is 40.6 Å². The SMILES string of the molecule is CCN(CCO)CC(=O)Nc1sc2c(c1C(=O)Nc1ccc(Cl)cc1)CCCC2. The second-order valence-electron chi connectivity index (χ2n) is 7.02. The zero-order valence-corrected chi connectivity index (χ0v) is 18.0. The zero-order valence-electron chi connectivity index (χ0n) is 16.5. The number of aliphatic hydroxyl groups excluding tert-OH is 1. The fraction of sp³-hybridized carbons (Fsp3) is 0.429. The smallest absolute Gasteiger partial charge is 0.258 e. The number of aryl methyl sites for hydroxylation is 1. The maximum atomic E-state index is 13.1. The van der Waals surface area contributed by atoms with Gasteiger partial charge >= 0.3 is 0 Å². The molecule has 1 aliphatic rings. The predicted molar refractivity (Wildman–Crippen MR) is 118 cm³/mol. The van der Waals surface area contributed by atoms with Crippen LogP contribution >= 0.6 is 22.9 Å². The van der Waals surface area contributed by atoms with Crippen molar-refractivity contribution in [1.29, 1.82) is 0 Å². The molecule has 0 spiro atoms. The number of halogens is 1. The second kappa shape index (κ2) is 10.2. The number of carbonyl (C=O) groups excluding carboxylic acids is 2. The minimum Gasteiger partial charge on any atom is -0.395 e. The number of carbonyl (C=O) groups is 2. The number of benzene rings is 1. The highest BCUT2D eigenvalue weighted by atomic mass is 35.5. The van der Waals surface area contributed by atoms with E-state index in [2.05, 4.69) is 10.6 Å². The number of nitrogens with one attached hydrogen (secondary N) is 2. The van der Waals surface area contributed by atoms with Crippen LogP contribution in [0, 0.1) is 0 Å². The first kappa shape index (κ1) is 21.8. The maximum Gasteiger partial charge on any atom is 0.258 e. The summed E-state index contributed by atoms with van der Waals surface area (Å²) in [6, 6.07) is 6.96. The predicted octanol–water partition coefficient (Wildman–Crippen LogP) is 3.79. The highest BCUT2D eigenvalue weighted by Gasteiger charge is 2.26. The summed E-state index contributed by atoms with van der Waals surface area (Å²) in [5.41, 5.74) is 2.27. The lowest BCUT2D eigenvalue weighted by atomic mass is 9.95. The van der Waals surface area contributed by atoms with Gasteiger partial charge in [-0.25, -0.2) is 0 Å². The Morgan fingerprint density at radius 3 is 2.59 bits per heavy atom. The van der Waals surface area contributed by atoms with Gasteiger partial charge in [0.2, 0.25) is 5.91 Å². The summed E-state index contributed by atoms with van der Waals surface area (Å²) in [5.74, 6) is -0.399. The molecule has 6 nitrogen and oxygen atoms in total. The van der Waals surface area contributed by atoms with E-state index in [-0.39, 0.29) is 25.0 Å². The average molecular weight is 436 g/mol. The van der Waals surface area contributed by atoms with Crippen LogP contribution in [0.25, 0.3) is 0 Å². The third kappa shape index (κ3) is 5.57. The summed E-state index contributed by atoms with van der Waals surface area (Å²) in [5, 5.41) is 16.2. The number of fused-ring (bicyclic) bond motifs is 1. The topological polar surface area (TPSA) is 81.7 Å². The van der Waals surface area contributed by atoms with Crippen LogP contribution in [0.3, 0.4) is 0 Å². The van der Waals surface area contributed by atoms with Crippen molar-refractivity contribution in [2.24, 2.45) is 0 Å². The number of nitrogens with zero attached hydrogens (tertiary/aromatic N) is 1. The Morgan fingerprint density at radius 1 is 1.17 bits per heavy atom. The molecular formula is C21H26ClN3O3S. The molecule has 0 saturated carbocycles. The van der Waals surface area contributed by atoms with Crippen LogP contribution in [0.15, 0.2) is 24.3 Å². The highest BCUT2D eigenvalue weighted by molar-refractivity contribution is 7.17. The minimum absolute atomic E-state index is 0.00314. The third-order valence-corrected chi connectivity index (χ3v) is 6.44. The number of likely N-dealkylation sites (N-methyl/N-ethyl adjacent to an activating group) is 1. The lowest BCUT2D eigenvalue weighted by Gasteiger charge is -2.18. The molecule has 3 N–H and O–H groups in total. The molecule has 0 radical (unpaired) electrons. The highest BCUT2D eigenvalue weighted by Crippen LogP contribution is 2.38. The Hall–Kier alpha value is -1.93. The van der Waals surface area contributed by atoms with E-state index in [0.29, 0.717) is 34.4 Å². The Labute approximate surface area is 179 Å². The summed E-state index contributed by atoms with van der Waals surface area (Å²) in [6.07, 6.45) is 3.91. The van der Waals surface area contributed by atoms with E-state index >= 15 is 0 Å². The molecule has 1 aromatic heterocycles. The number of aliphatic hydroxyl groups is 1. The molecule has 8 heteroatoms. The van der Waals surface area contributed by atoms with Gasteiger partial charge in [-0.15, -0.1) is 11.3 Å². The van der Waals surface area contributed by atoms with Crippen molar-refractivity contribution in [1.82, 2.24) is 4.90 Å². The fourth-order valence-electron chi connectivity index (χ4n) is 3.48. The van der Waals surface area contributed by atoms with Crippen LogP contribution in [-0.4, -0.2) is 48.1 Å². The molecule has 0 atom stereocenters. The summed E-state index contributed by atoms with van der Waals surface area (Å²) in [6.45, 7) is 3.23. The number of thiophene rings is 1. The Morgan fingerprint density at radius 2 is 1.90 bits per heavy atom. The van der Waals surface area contributed by atoms with Gasteiger partial charge in [-0.1, -0.05) is 18.5 Å². The van der Waals surface area contributed by atoms with Gasteiger partial charge < -0.3 is 15.7 Å². The first-order valence-electron chi connectivity index (χ1n) is 9.86. The third-order valence-electron chi connectivity index (χ3n) is 4.98. The Kier molecular flexibility index (Phi) is 7.66. The molecule has 0 aliphatic heterocycles. The van der Waals surface area contributed by atoms with Gasteiger partial charge in [-0.3, -0.25) is 14.5 Å². The van der Waals surface area contributed by atoms with E-state index in [4.69, 9.17) is 16.7 Å². The van der Waals surface area contributed by atoms with Crippen molar-refractivity contribution in [2.45, 2.75) is 32.6 Å². The molecule has 1 aliphatic carbocycles. The van der Waals surface area contributed by atoms with Gasteiger partial charge in [-0.05, 0) is 62.1 Å². The molecule has 3 rings (SSSR count).